The summed E-state index contributed by atoms with van der Waals surface area (Å²) in [5.74, 6) is -3.50. The van der Waals surface area contributed by atoms with E-state index < -0.39 is 23.9 Å². The summed E-state index contributed by atoms with van der Waals surface area (Å²) in [7, 11) is 0. The lowest BCUT2D eigenvalue weighted by atomic mass is 10.1. The fraction of sp³-hybridized carbons (Fsp3) is 0.308. The van der Waals surface area contributed by atoms with Gasteiger partial charge in [0.05, 0.1) is 5.56 Å². The van der Waals surface area contributed by atoms with Crippen molar-refractivity contribution in [3.8, 4) is 5.75 Å². The summed E-state index contributed by atoms with van der Waals surface area (Å²) in [5.41, 5.74) is 0.678. The molecule has 0 heterocycles. The second-order valence-electron chi connectivity index (χ2n) is 4.32. The molecule has 0 fully saturated rings. The third-order valence-corrected chi connectivity index (χ3v) is 2.65. The first-order valence-electron chi connectivity index (χ1n) is 5.86. The van der Waals surface area contributed by atoms with Gasteiger partial charge in [-0.3, -0.25) is 9.59 Å². The van der Waals surface area contributed by atoms with E-state index in [-0.39, 0.29) is 24.2 Å². The van der Waals surface area contributed by atoms with Crippen molar-refractivity contribution in [1.82, 2.24) is 5.32 Å². The topological polar surface area (TPSA) is 124 Å². The minimum absolute atomic E-state index is 0.0495. The molecule has 1 amide bonds. The molecule has 1 rings (SSSR count). The molecule has 4 N–H and O–H groups in total. The quantitative estimate of drug-likeness (QED) is 0.610. The Labute approximate surface area is 114 Å². The number of aromatic hydroxyl groups is 1. The zero-order valence-corrected chi connectivity index (χ0v) is 10.8. The van der Waals surface area contributed by atoms with Crippen LogP contribution in [0.25, 0.3) is 0 Å². The molecular formula is C13H15NO6. The van der Waals surface area contributed by atoms with Gasteiger partial charge in [0.1, 0.15) is 11.8 Å². The molecule has 0 aromatic heterocycles. The number of carbonyl (C=O) groups excluding carboxylic acids is 1. The molecule has 0 saturated carbocycles. The summed E-state index contributed by atoms with van der Waals surface area (Å²) in [5, 5.41) is 29.2. The van der Waals surface area contributed by atoms with Crippen molar-refractivity contribution in [2.24, 2.45) is 0 Å². The number of rotatable bonds is 6. The molecule has 1 atom stereocenters. The molecule has 7 nitrogen and oxygen atoms in total. The second kappa shape index (κ2) is 6.55. The van der Waals surface area contributed by atoms with Crippen LogP contribution in [0.4, 0.5) is 0 Å². The standard InChI is InChI=1S/C13H15NO6/c1-7-2-4-10(15)8(6-7)12(18)14-9(13(19)20)3-5-11(16)17/h2,4,6,9,15H,3,5H2,1H3,(H,14,18)(H,16,17)(H,19,20). The van der Waals surface area contributed by atoms with Crippen LogP contribution < -0.4 is 5.32 Å². The molecule has 1 unspecified atom stereocenters. The highest BCUT2D eigenvalue weighted by atomic mass is 16.4. The van der Waals surface area contributed by atoms with E-state index in [9.17, 15) is 19.5 Å². The zero-order chi connectivity index (χ0) is 15.3. The number of aryl methyl sites for hydroxylation is 1. The molecule has 0 radical (unpaired) electrons. The van der Waals surface area contributed by atoms with E-state index in [4.69, 9.17) is 10.2 Å². The van der Waals surface area contributed by atoms with E-state index in [2.05, 4.69) is 5.32 Å². The molecule has 0 spiro atoms. The third-order valence-electron chi connectivity index (χ3n) is 2.65. The van der Waals surface area contributed by atoms with Crippen molar-refractivity contribution >= 4 is 17.8 Å². The Hall–Kier alpha value is -2.57. The molecule has 0 saturated heterocycles. The highest BCUT2D eigenvalue weighted by Gasteiger charge is 2.22. The first-order valence-corrected chi connectivity index (χ1v) is 5.86. The largest absolute Gasteiger partial charge is 0.507 e. The second-order valence-corrected chi connectivity index (χ2v) is 4.32. The van der Waals surface area contributed by atoms with Gasteiger partial charge in [0.2, 0.25) is 0 Å². The monoisotopic (exact) mass is 281 g/mol. The predicted octanol–water partition coefficient (Wildman–Crippen LogP) is 0.748. The molecule has 0 bridgehead atoms. The number of amides is 1. The zero-order valence-electron chi connectivity index (χ0n) is 10.8. The first-order chi connectivity index (χ1) is 9.31. The molecule has 0 aliphatic rings. The average Bonchev–Trinajstić information content (AvgIpc) is 2.36. The number of hydrogen-bond donors (Lipinski definition) is 4. The summed E-state index contributed by atoms with van der Waals surface area (Å²) in [6, 6.07) is 3.03. The Kier molecular flexibility index (Phi) is 5.08. The van der Waals surface area contributed by atoms with Gasteiger partial charge in [0.25, 0.3) is 5.91 Å². The SMILES string of the molecule is Cc1ccc(O)c(C(=O)NC(CCC(=O)O)C(=O)O)c1. The van der Waals surface area contributed by atoms with Crippen molar-refractivity contribution < 1.29 is 29.7 Å². The lowest BCUT2D eigenvalue weighted by Crippen LogP contribution is -2.41. The number of benzene rings is 1. The van der Waals surface area contributed by atoms with Crippen LogP contribution >= 0.6 is 0 Å². The van der Waals surface area contributed by atoms with E-state index in [0.717, 1.165) is 5.56 Å². The van der Waals surface area contributed by atoms with E-state index in [1.165, 1.54) is 12.1 Å². The Morgan fingerprint density at radius 1 is 1.25 bits per heavy atom. The van der Waals surface area contributed by atoms with E-state index >= 15 is 0 Å². The van der Waals surface area contributed by atoms with Crippen LogP contribution in [0.3, 0.4) is 0 Å². The Morgan fingerprint density at radius 2 is 1.90 bits per heavy atom. The van der Waals surface area contributed by atoms with Crippen molar-refractivity contribution in [3.05, 3.63) is 29.3 Å². The van der Waals surface area contributed by atoms with Gasteiger partial charge in [-0.2, -0.15) is 0 Å². The van der Waals surface area contributed by atoms with Gasteiger partial charge in [-0.25, -0.2) is 4.79 Å². The van der Waals surface area contributed by atoms with Crippen molar-refractivity contribution in [1.29, 1.82) is 0 Å². The summed E-state index contributed by atoms with van der Waals surface area (Å²) in [6.07, 6.45) is -0.611. The fourth-order valence-electron chi connectivity index (χ4n) is 1.59. The number of phenolic OH excluding ortho intramolecular Hbond substituents is 1. The van der Waals surface area contributed by atoms with Gasteiger partial charge in [-0.1, -0.05) is 11.6 Å². The molecule has 0 aliphatic carbocycles. The highest BCUT2D eigenvalue weighted by Crippen LogP contribution is 2.18. The predicted molar refractivity (Wildman–Crippen MR) is 68.6 cm³/mol. The molecule has 1 aromatic rings. The summed E-state index contributed by atoms with van der Waals surface area (Å²) in [4.78, 5) is 33.3. The van der Waals surface area contributed by atoms with Crippen LogP contribution in [0.2, 0.25) is 0 Å². The number of hydrogen-bond acceptors (Lipinski definition) is 4. The molecule has 0 aliphatic heterocycles. The van der Waals surface area contributed by atoms with Crippen LogP contribution in [-0.2, 0) is 9.59 Å². The summed E-state index contributed by atoms with van der Waals surface area (Å²) < 4.78 is 0. The minimum atomic E-state index is -1.33. The lowest BCUT2D eigenvalue weighted by Gasteiger charge is -2.14. The van der Waals surface area contributed by atoms with Gasteiger partial charge in [-0.15, -0.1) is 0 Å². The fourth-order valence-corrected chi connectivity index (χ4v) is 1.59. The number of carbonyl (C=O) groups is 3. The van der Waals surface area contributed by atoms with Crippen molar-refractivity contribution in [2.45, 2.75) is 25.8 Å². The smallest absolute Gasteiger partial charge is 0.326 e. The van der Waals surface area contributed by atoms with Gasteiger partial charge in [0, 0.05) is 6.42 Å². The van der Waals surface area contributed by atoms with Gasteiger partial charge in [-0.05, 0) is 25.5 Å². The molecule has 20 heavy (non-hydrogen) atoms. The van der Waals surface area contributed by atoms with Crippen molar-refractivity contribution in [2.75, 3.05) is 0 Å². The number of phenols is 1. The number of carboxylic acid groups (broad SMARTS) is 2. The number of aliphatic carboxylic acids is 2. The lowest BCUT2D eigenvalue weighted by molar-refractivity contribution is -0.140. The van der Waals surface area contributed by atoms with Crippen LogP contribution in [-0.4, -0.2) is 39.2 Å². The highest BCUT2D eigenvalue weighted by molar-refractivity contribution is 5.99. The van der Waals surface area contributed by atoms with Crippen LogP contribution in [0.1, 0.15) is 28.8 Å². The van der Waals surface area contributed by atoms with E-state index in [0.29, 0.717) is 0 Å². The number of nitrogens with one attached hydrogen (secondary N) is 1. The summed E-state index contributed by atoms with van der Waals surface area (Å²) in [6.45, 7) is 1.72. The molecule has 1 aromatic carbocycles. The van der Waals surface area contributed by atoms with Crippen LogP contribution in [0.15, 0.2) is 18.2 Å². The Morgan fingerprint density at radius 3 is 2.45 bits per heavy atom. The third kappa shape index (κ3) is 4.27. The van der Waals surface area contributed by atoms with Crippen LogP contribution in [0.5, 0.6) is 5.75 Å². The molecule has 7 heteroatoms. The maximum atomic E-state index is 11.9. The Balaban J connectivity index is 2.82. The van der Waals surface area contributed by atoms with Crippen molar-refractivity contribution in [3.63, 3.8) is 0 Å². The minimum Gasteiger partial charge on any atom is -0.507 e. The maximum absolute atomic E-state index is 11.9. The van der Waals surface area contributed by atoms with Gasteiger partial charge >= 0.3 is 11.9 Å². The molecule has 108 valence electrons. The van der Waals surface area contributed by atoms with E-state index in [1.807, 2.05) is 0 Å². The van der Waals surface area contributed by atoms with E-state index in [1.54, 1.807) is 13.0 Å². The van der Waals surface area contributed by atoms with Gasteiger partial charge in [0.15, 0.2) is 0 Å². The number of carboxylic acids is 2. The summed E-state index contributed by atoms with van der Waals surface area (Å²) >= 11 is 0. The van der Waals surface area contributed by atoms with Crippen LogP contribution in [0, 0.1) is 6.92 Å². The first kappa shape index (κ1) is 15.5. The molecular weight excluding hydrogens is 266 g/mol. The van der Waals surface area contributed by atoms with Gasteiger partial charge < -0.3 is 20.6 Å². The maximum Gasteiger partial charge on any atom is 0.326 e. The average molecular weight is 281 g/mol. The Bertz CT molecular complexity index is 540. The normalized spacial score (nSPS) is 11.7.